The zero-order valence-electron chi connectivity index (χ0n) is 12.0. The van der Waals surface area contributed by atoms with Gasteiger partial charge in [0.2, 0.25) is 0 Å². The molecule has 1 aliphatic rings. The molecule has 0 spiro atoms. The maximum atomic E-state index is 11.8. The van der Waals surface area contributed by atoms with E-state index >= 15 is 0 Å². The lowest BCUT2D eigenvalue weighted by atomic mass is 10.1. The predicted octanol–water partition coefficient (Wildman–Crippen LogP) is 2.98. The van der Waals surface area contributed by atoms with Crippen LogP contribution in [0.25, 0.3) is 0 Å². The highest BCUT2D eigenvalue weighted by atomic mass is 16.6. The van der Waals surface area contributed by atoms with Gasteiger partial charge >= 0.3 is 6.09 Å². The number of piperidine rings is 1. The van der Waals surface area contributed by atoms with E-state index in [1.165, 1.54) is 0 Å². The second-order valence-electron chi connectivity index (χ2n) is 5.93. The lowest BCUT2D eigenvalue weighted by Gasteiger charge is -2.33. The number of carbonyl (C=O) groups is 1. The fraction of sp³-hybridized carbons (Fsp3) is 0.786. The zero-order chi connectivity index (χ0) is 13.8. The minimum absolute atomic E-state index is 0.221. The molecule has 0 atom stereocenters. The van der Waals surface area contributed by atoms with Gasteiger partial charge in [-0.05, 0) is 40.5 Å². The molecule has 0 aromatic carbocycles. The molecular formula is C14H25NO3. The molecule has 0 aromatic rings. The Morgan fingerprint density at radius 1 is 1.33 bits per heavy atom. The summed E-state index contributed by atoms with van der Waals surface area (Å²) in [6.07, 6.45) is 1.75. The molecule has 0 saturated carbocycles. The second-order valence-corrected chi connectivity index (χ2v) is 5.93. The number of amides is 1. The van der Waals surface area contributed by atoms with Crippen molar-refractivity contribution in [3.63, 3.8) is 0 Å². The van der Waals surface area contributed by atoms with E-state index in [0.717, 1.165) is 18.4 Å². The summed E-state index contributed by atoms with van der Waals surface area (Å²) < 4.78 is 11.0. The van der Waals surface area contributed by atoms with Crippen LogP contribution in [0.5, 0.6) is 0 Å². The molecule has 1 fully saturated rings. The Hall–Kier alpha value is -1.03. The second kappa shape index (κ2) is 6.23. The summed E-state index contributed by atoms with van der Waals surface area (Å²) in [7, 11) is 0. The van der Waals surface area contributed by atoms with Crippen molar-refractivity contribution in [3.05, 3.63) is 12.2 Å². The molecule has 18 heavy (non-hydrogen) atoms. The van der Waals surface area contributed by atoms with Gasteiger partial charge in [-0.15, -0.1) is 0 Å². The van der Waals surface area contributed by atoms with E-state index in [9.17, 15) is 4.79 Å². The smallest absolute Gasteiger partial charge is 0.410 e. The van der Waals surface area contributed by atoms with Gasteiger partial charge in [-0.3, -0.25) is 0 Å². The van der Waals surface area contributed by atoms with Crippen molar-refractivity contribution in [1.82, 2.24) is 4.90 Å². The van der Waals surface area contributed by atoms with Crippen molar-refractivity contribution in [3.8, 4) is 0 Å². The quantitative estimate of drug-likeness (QED) is 0.728. The van der Waals surface area contributed by atoms with Crippen molar-refractivity contribution in [2.45, 2.75) is 52.2 Å². The molecule has 1 saturated heterocycles. The molecule has 1 rings (SSSR count). The molecule has 4 nitrogen and oxygen atoms in total. The monoisotopic (exact) mass is 255 g/mol. The Morgan fingerprint density at radius 2 is 1.89 bits per heavy atom. The third-order valence-electron chi connectivity index (χ3n) is 2.66. The number of hydrogen-bond acceptors (Lipinski definition) is 3. The van der Waals surface area contributed by atoms with Gasteiger partial charge in [0.05, 0.1) is 12.7 Å². The minimum Gasteiger partial charge on any atom is -0.444 e. The molecular weight excluding hydrogens is 230 g/mol. The zero-order valence-corrected chi connectivity index (χ0v) is 12.0. The first-order valence-electron chi connectivity index (χ1n) is 6.52. The molecule has 1 amide bonds. The largest absolute Gasteiger partial charge is 0.444 e. The Balaban J connectivity index is 2.30. The number of ether oxygens (including phenoxy) is 2. The third-order valence-corrected chi connectivity index (χ3v) is 2.66. The fourth-order valence-corrected chi connectivity index (χ4v) is 1.79. The highest BCUT2D eigenvalue weighted by Crippen LogP contribution is 2.17. The summed E-state index contributed by atoms with van der Waals surface area (Å²) in [6, 6.07) is 0. The average Bonchev–Trinajstić information content (AvgIpc) is 2.24. The molecule has 0 unspecified atom stereocenters. The van der Waals surface area contributed by atoms with Crippen LogP contribution in [-0.4, -0.2) is 42.4 Å². The van der Waals surface area contributed by atoms with Crippen LogP contribution in [0, 0.1) is 0 Å². The lowest BCUT2D eigenvalue weighted by Crippen LogP contribution is -2.43. The molecule has 0 aromatic heterocycles. The Labute approximate surface area is 110 Å². The van der Waals surface area contributed by atoms with Crippen LogP contribution >= 0.6 is 0 Å². The number of nitrogens with zero attached hydrogens (tertiary/aromatic N) is 1. The van der Waals surface area contributed by atoms with Crippen LogP contribution in [0.4, 0.5) is 4.79 Å². The first-order chi connectivity index (χ1) is 8.28. The van der Waals surface area contributed by atoms with Crippen LogP contribution in [0.3, 0.4) is 0 Å². The van der Waals surface area contributed by atoms with E-state index in [-0.39, 0.29) is 12.2 Å². The molecule has 1 heterocycles. The first-order valence-corrected chi connectivity index (χ1v) is 6.52. The SMILES string of the molecule is C=C(C)COC1CCN(C(=O)OC(C)(C)C)CC1. The summed E-state index contributed by atoms with van der Waals surface area (Å²) in [6.45, 7) is 13.4. The number of carbonyl (C=O) groups excluding carboxylic acids is 1. The summed E-state index contributed by atoms with van der Waals surface area (Å²) in [5.41, 5.74) is 0.606. The van der Waals surface area contributed by atoms with Crippen LogP contribution in [0.1, 0.15) is 40.5 Å². The van der Waals surface area contributed by atoms with E-state index in [0.29, 0.717) is 19.7 Å². The highest BCUT2D eigenvalue weighted by Gasteiger charge is 2.26. The van der Waals surface area contributed by atoms with E-state index < -0.39 is 5.60 Å². The van der Waals surface area contributed by atoms with Crippen molar-refractivity contribution < 1.29 is 14.3 Å². The van der Waals surface area contributed by atoms with Crippen molar-refractivity contribution in [2.24, 2.45) is 0 Å². The molecule has 1 aliphatic heterocycles. The molecule has 104 valence electrons. The maximum absolute atomic E-state index is 11.8. The number of hydrogen-bond donors (Lipinski definition) is 0. The minimum atomic E-state index is -0.426. The predicted molar refractivity (Wildman–Crippen MR) is 71.6 cm³/mol. The van der Waals surface area contributed by atoms with Crippen LogP contribution in [0.2, 0.25) is 0 Å². The van der Waals surface area contributed by atoms with Gasteiger partial charge in [0.1, 0.15) is 5.60 Å². The van der Waals surface area contributed by atoms with Gasteiger partial charge in [0.25, 0.3) is 0 Å². The lowest BCUT2D eigenvalue weighted by molar-refractivity contribution is -0.00593. The maximum Gasteiger partial charge on any atom is 0.410 e. The summed E-state index contributed by atoms with van der Waals surface area (Å²) >= 11 is 0. The van der Waals surface area contributed by atoms with Gasteiger partial charge in [-0.1, -0.05) is 12.2 Å². The normalized spacial score (nSPS) is 17.7. The van der Waals surface area contributed by atoms with E-state index in [1.807, 2.05) is 27.7 Å². The van der Waals surface area contributed by atoms with Crippen molar-refractivity contribution >= 4 is 6.09 Å². The van der Waals surface area contributed by atoms with Gasteiger partial charge in [-0.25, -0.2) is 4.79 Å². The van der Waals surface area contributed by atoms with Crippen molar-refractivity contribution in [2.75, 3.05) is 19.7 Å². The molecule has 0 bridgehead atoms. The number of likely N-dealkylation sites (tertiary alicyclic amines) is 1. The van der Waals surface area contributed by atoms with Crippen LogP contribution in [-0.2, 0) is 9.47 Å². The van der Waals surface area contributed by atoms with Gasteiger partial charge in [0.15, 0.2) is 0 Å². The molecule has 0 radical (unpaired) electrons. The Bertz CT molecular complexity index is 299. The topological polar surface area (TPSA) is 38.8 Å². The number of rotatable bonds is 3. The first kappa shape index (κ1) is 15.0. The van der Waals surface area contributed by atoms with E-state index in [4.69, 9.17) is 9.47 Å². The summed E-state index contributed by atoms with van der Waals surface area (Å²) in [5.74, 6) is 0. The highest BCUT2D eigenvalue weighted by molar-refractivity contribution is 5.68. The van der Waals surface area contributed by atoms with Crippen molar-refractivity contribution in [1.29, 1.82) is 0 Å². The molecule has 4 heteroatoms. The average molecular weight is 255 g/mol. The van der Waals surface area contributed by atoms with E-state index in [2.05, 4.69) is 6.58 Å². The standard InChI is InChI=1S/C14H25NO3/c1-11(2)10-17-12-6-8-15(9-7-12)13(16)18-14(3,4)5/h12H,1,6-10H2,2-5H3. The van der Waals surface area contributed by atoms with Gasteiger partial charge in [0, 0.05) is 13.1 Å². The third kappa shape index (κ3) is 5.54. The van der Waals surface area contributed by atoms with Crippen LogP contribution < -0.4 is 0 Å². The summed E-state index contributed by atoms with van der Waals surface area (Å²) in [4.78, 5) is 13.6. The fourth-order valence-electron chi connectivity index (χ4n) is 1.79. The Morgan fingerprint density at radius 3 is 2.33 bits per heavy atom. The van der Waals surface area contributed by atoms with Crippen LogP contribution in [0.15, 0.2) is 12.2 Å². The molecule has 0 N–H and O–H groups in total. The molecule has 0 aliphatic carbocycles. The van der Waals surface area contributed by atoms with Gasteiger partial charge < -0.3 is 14.4 Å². The summed E-state index contributed by atoms with van der Waals surface area (Å²) in [5, 5.41) is 0. The Kier molecular flexibility index (Phi) is 5.20. The van der Waals surface area contributed by atoms with E-state index in [1.54, 1.807) is 4.90 Å². The van der Waals surface area contributed by atoms with Gasteiger partial charge in [-0.2, -0.15) is 0 Å².